The number of urea groups is 1. The largest absolute Gasteiger partial charge is 0.479 e. The molecule has 0 aromatic heterocycles. The lowest BCUT2D eigenvalue weighted by molar-refractivity contribution is -0.144. The van der Waals surface area contributed by atoms with E-state index in [1.54, 1.807) is 0 Å². The first kappa shape index (κ1) is 14.8. The van der Waals surface area contributed by atoms with E-state index < -0.39 is 17.5 Å². The van der Waals surface area contributed by atoms with Gasteiger partial charge in [0.15, 0.2) is 5.54 Å². The summed E-state index contributed by atoms with van der Waals surface area (Å²) in [5, 5.41) is 14.4. The molecular weight excluding hydrogens is 236 g/mol. The van der Waals surface area contributed by atoms with Crippen molar-refractivity contribution in [3.63, 3.8) is 0 Å². The van der Waals surface area contributed by atoms with Gasteiger partial charge in [0.1, 0.15) is 0 Å². The molecule has 0 aromatic rings. The summed E-state index contributed by atoms with van der Waals surface area (Å²) in [5.41, 5.74) is -1.27. The lowest BCUT2D eigenvalue weighted by Gasteiger charge is -2.25. The van der Waals surface area contributed by atoms with Crippen LogP contribution in [0.2, 0.25) is 0 Å². The van der Waals surface area contributed by atoms with Crippen LogP contribution in [0.1, 0.15) is 39.5 Å². The fraction of sp³-hybridized carbons (Fsp3) is 0.833. The number of rotatable bonds is 6. The highest BCUT2D eigenvalue weighted by atomic mass is 16.5. The maximum atomic E-state index is 11.7. The third kappa shape index (κ3) is 3.87. The second kappa shape index (κ2) is 6.58. The molecule has 0 spiro atoms. The molecule has 1 heterocycles. The molecule has 104 valence electrons. The molecule has 6 heteroatoms. The van der Waals surface area contributed by atoms with Crippen molar-refractivity contribution in [3.05, 3.63) is 0 Å². The summed E-state index contributed by atoms with van der Waals surface area (Å²) in [7, 11) is 0. The van der Waals surface area contributed by atoms with E-state index in [0.29, 0.717) is 13.0 Å². The molecule has 1 saturated heterocycles. The van der Waals surface area contributed by atoms with Gasteiger partial charge in [0.05, 0.1) is 6.61 Å². The maximum absolute atomic E-state index is 11.7. The lowest BCUT2D eigenvalue weighted by atomic mass is 9.99. The van der Waals surface area contributed by atoms with Crippen molar-refractivity contribution in [2.75, 3.05) is 13.2 Å². The maximum Gasteiger partial charge on any atom is 0.332 e. The number of unbranched alkanes of at least 4 members (excludes halogenated alkanes) is 1. The summed E-state index contributed by atoms with van der Waals surface area (Å²) in [6.07, 6.45) is 3.30. The van der Waals surface area contributed by atoms with Crippen LogP contribution in [0, 0.1) is 0 Å². The Morgan fingerprint density at radius 3 is 2.72 bits per heavy atom. The Labute approximate surface area is 107 Å². The van der Waals surface area contributed by atoms with E-state index in [2.05, 4.69) is 17.6 Å². The molecule has 1 aliphatic rings. The molecule has 1 aliphatic heterocycles. The monoisotopic (exact) mass is 258 g/mol. The van der Waals surface area contributed by atoms with Gasteiger partial charge in [-0.1, -0.05) is 19.8 Å². The third-order valence-electron chi connectivity index (χ3n) is 3.15. The van der Waals surface area contributed by atoms with Gasteiger partial charge >= 0.3 is 12.0 Å². The summed E-state index contributed by atoms with van der Waals surface area (Å²) in [6.45, 7) is 4.38. The second-order valence-electron chi connectivity index (χ2n) is 4.83. The van der Waals surface area contributed by atoms with E-state index in [-0.39, 0.29) is 12.6 Å². The van der Waals surface area contributed by atoms with E-state index >= 15 is 0 Å². The minimum absolute atomic E-state index is 0.0269. The number of hydrogen-bond acceptors (Lipinski definition) is 3. The summed E-state index contributed by atoms with van der Waals surface area (Å²) in [4.78, 5) is 22.9. The lowest BCUT2D eigenvalue weighted by Crippen LogP contribution is -2.58. The third-order valence-corrected chi connectivity index (χ3v) is 3.15. The van der Waals surface area contributed by atoms with Gasteiger partial charge in [-0.15, -0.1) is 0 Å². The Kier molecular flexibility index (Phi) is 5.40. The van der Waals surface area contributed by atoms with Gasteiger partial charge in [-0.3, -0.25) is 0 Å². The highest BCUT2D eigenvalue weighted by Gasteiger charge is 2.44. The van der Waals surface area contributed by atoms with Crippen molar-refractivity contribution in [1.82, 2.24) is 10.6 Å². The molecule has 0 aliphatic carbocycles. The van der Waals surface area contributed by atoms with E-state index in [1.807, 2.05) is 6.92 Å². The van der Waals surface area contributed by atoms with E-state index in [0.717, 1.165) is 19.3 Å². The zero-order valence-corrected chi connectivity index (χ0v) is 11.0. The van der Waals surface area contributed by atoms with Crippen molar-refractivity contribution >= 4 is 12.0 Å². The van der Waals surface area contributed by atoms with Crippen LogP contribution in [0.25, 0.3) is 0 Å². The summed E-state index contributed by atoms with van der Waals surface area (Å²) >= 11 is 0. The SMILES string of the molecule is CCCCC(C)NC(=O)NC1(C(=O)O)CCOC1. The number of carbonyl (C=O) groups excluding carboxylic acids is 1. The van der Waals surface area contributed by atoms with Crippen molar-refractivity contribution in [1.29, 1.82) is 0 Å². The van der Waals surface area contributed by atoms with Gasteiger partial charge in [0, 0.05) is 19.1 Å². The number of hydrogen-bond donors (Lipinski definition) is 3. The average molecular weight is 258 g/mol. The van der Waals surface area contributed by atoms with Gasteiger partial charge < -0.3 is 20.5 Å². The number of carboxylic acids is 1. The van der Waals surface area contributed by atoms with Crippen molar-refractivity contribution in [2.24, 2.45) is 0 Å². The van der Waals surface area contributed by atoms with E-state index in [4.69, 9.17) is 9.84 Å². The average Bonchev–Trinajstić information content (AvgIpc) is 2.75. The van der Waals surface area contributed by atoms with Gasteiger partial charge in [-0.2, -0.15) is 0 Å². The molecule has 2 amide bonds. The number of amides is 2. The molecule has 0 radical (unpaired) electrons. The molecule has 6 nitrogen and oxygen atoms in total. The number of carbonyl (C=O) groups is 2. The normalized spacial score (nSPS) is 24.6. The Hall–Kier alpha value is -1.30. The molecule has 2 atom stereocenters. The standard InChI is InChI=1S/C12H22N2O4/c1-3-4-5-9(2)13-11(17)14-12(10(15)16)6-7-18-8-12/h9H,3-8H2,1-2H3,(H,15,16)(H2,13,14,17). The predicted molar refractivity (Wildman–Crippen MR) is 66.5 cm³/mol. The Morgan fingerprint density at radius 1 is 1.50 bits per heavy atom. The minimum Gasteiger partial charge on any atom is -0.479 e. The topological polar surface area (TPSA) is 87.7 Å². The fourth-order valence-electron chi connectivity index (χ4n) is 1.95. The first-order chi connectivity index (χ1) is 8.50. The van der Waals surface area contributed by atoms with Crippen LogP contribution < -0.4 is 10.6 Å². The van der Waals surface area contributed by atoms with Gasteiger partial charge in [0.25, 0.3) is 0 Å². The van der Waals surface area contributed by atoms with E-state index in [1.165, 1.54) is 0 Å². The highest BCUT2D eigenvalue weighted by molar-refractivity contribution is 5.86. The van der Waals surface area contributed by atoms with Crippen LogP contribution >= 0.6 is 0 Å². The predicted octanol–water partition coefficient (Wildman–Crippen LogP) is 1.11. The quantitative estimate of drug-likeness (QED) is 0.666. The van der Waals surface area contributed by atoms with Crippen LogP contribution in [-0.2, 0) is 9.53 Å². The first-order valence-electron chi connectivity index (χ1n) is 6.40. The fourth-order valence-corrected chi connectivity index (χ4v) is 1.95. The molecule has 0 bridgehead atoms. The molecule has 1 fully saturated rings. The highest BCUT2D eigenvalue weighted by Crippen LogP contribution is 2.18. The molecule has 0 saturated carbocycles. The van der Waals surface area contributed by atoms with Gasteiger partial charge in [-0.25, -0.2) is 9.59 Å². The molecule has 0 aromatic carbocycles. The number of carboxylic acid groups (broad SMARTS) is 1. The van der Waals surface area contributed by atoms with E-state index in [9.17, 15) is 9.59 Å². The van der Waals surface area contributed by atoms with Crippen LogP contribution in [0.15, 0.2) is 0 Å². The molecular formula is C12H22N2O4. The smallest absolute Gasteiger partial charge is 0.332 e. The first-order valence-corrected chi connectivity index (χ1v) is 6.40. The van der Waals surface area contributed by atoms with Crippen LogP contribution in [-0.4, -0.2) is 41.9 Å². The summed E-state index contributed by atoms with van der Waals surface area (Å²) < 4.78 is 5.07. The van der Waals surface area contributed by atoms with Crippen molar-refractivity contribution in [3.8, 4) is 0 Å². The minimum atomic E-state index is -1.27. The number of ether oxygens (including phenoxy) is 1. The summed E-state index contributed by atoms with van der Waals surface area (Å²) in [5.74, 6) is -1.05. The van der Waals surface area contributed by atoms with Crippen molar-refractivity contribution in [2.45, 2.75) is 51.1 Å². The molecule has 18 heavy (non-hydrogen) atoms. The molecule has 1 rings (SSSR count). The Morgan fingerprint density at radius 2 is 2.22 bits per heavy atom. The number of nitrogens with one attached hydrogen (secondary N) is 2. The second-order valence-corrected chi connectivity index (χ2v) is 4.83. The number of aliphatic carboxylic acids is 1. The molecule has 3 N–H and O–H groups in total. The van der Waals surface area contributed by atoms with Crippen molar-refractivity contribution < 1.29 is 19.4 Å². The zero-order valence-electron chi connectivity index (χ0n) is 11.0. The van der Waals surface area contributed by atoms with Crippen LogP contribution in [0.4, 0.5) is 4.79 Å². The Balaban J connectivity index is 2.45. The Bertz CT molecular complexity index is 300. The summed E-state index contributed by atoms with van der Waals surface area (Å²) in [6, 6.07) is -0.399. The van der Waals surface area contributed by atoms with Crippen LogP contribution in [0.3, 0.4) is 0 Å². The van der Waals surface area contributed by atoms with Gasteiger partial charge in [-0.05, 0) is 13.3 Å². The zero-order chi connectivity index (χ0) is 13.6. The van der Waals surface area contributed by atoms with Crippen LogP contribution in [0.5, 0.6) is 0 Å². The molecule has 2 unspecified atom stereocenters. The van der Waals surface area contributed by atoms with Gasteiger partial charge in [0.2, 0.25) is 0 Å².